The van der Waals surface area contributed by atoms with E-state index >= 15 is 0 Å². The quantitative estimate of drug-likeness (QED) is 0.610. The molecule has 1 fully saturated rings. The van der Waals surface area contributed by atoms with Crippen molar-refractivity contribution in [2.24, 2.45) is 0 Å². The Morgan fingerprint density at radius 1 is 1.36 bits per heavy atom. The van der Waals surface area contributed by atoms with Crippen LogP contribution in [0.2, 0.25) is 0 Å². The third-order valence-electron chi connectivity index (χ3n) is 1.97. The van der Waals surface area contributed by atoms with Crippen LogP contribution in [-0.4, -0.2) is 13.0 Å². The van der Waals surface area contributed by atoms with Gasteiger partial charge in [-0.25, -0.2) is 5.48 Å². The van der Waals surface area contributed by atoms with Gasteiger partial charge in [-0.05, 0) is 12.8 Å². The van der Waals surface area contributed by atoms with Crippen LogP contribution >= 0.6 is 0 Å². The summed E-state index contributed by atoms with van der Waals surface area (Å²) in [4.78, 5) is 15.7. The van der Waals surface area contributed by atoms with Gasteiger partial charge in [0.15, 0.2) is 0 Å². The zero-order valence-corrected chi connectivity index (χ0v) is 6.85. The number of hydrogen-bond acceptors (Lipinski definition) is 2. The molecule has 1 radical (unpaired) electrons. The fraction of sp³-hybridized carbons (Fsp3) is 0.750. The van der Waals surface area contributed by atoms with Crippen molar-refractivity contribution in [3.05, 3.63) is 5.92 Å². The molecule has 0 unspecified atom stereocenters. The minimum absolute atomic E-state index is 0.0350. The van der Waals surface area contributed by atoms with Crippen LogP contribution < -0.4 is 5.48 Å². The number of carbonyl (C=O) groups is 1. The summed E-state index contributed by atoms with van der Waals surface area (Å²) in [5, 5.41) is 0. The topological polar surface area (TPSA) is 38.3 Å². The molecule has 0 aromatic carbocycles. The Kier molecular flexibility index (Phi) is 3.36. The average molecular weight is 156 g/mol. The lowest BCUT2D eigenvalue weighted by molar-refractivity contribution is -0.130. The Bertz CT molecular complexity index is 130. The standard InChI is InChI=1S/C8H14NO2/c1-11-9-8(10)7-5-3-2-4-6-7/h2-6H2,1H3,(H,9,10). The maximum absolute atomic E-state index is 11.1. The summed E-state index contributed by atoms with van der Waals surface area (Å²) in [7, 11) is 1.46. The summed E-state index contributed by atoms with van der Waals surface area (Å²) in [6.45, 7) is 0. The second kappa shape index (κ2) is 4.34. The first kappa shape index (κ1) is 8.53. The first-order valence-electron chi connectivity index (χ1n) is 4.02. The monoisotopic (exact) mass is 156 g/mol. The van der Waals surface area contributed by atoms with Crippen molar-refractivity contribution in [3.8, 4) is 0 Å². The van der Waals surface area contributed by atoms with Crippen LogP contribution in [0.25, 0.3) is 0 Å². The maximum Gasteiger partial charge on any atom is 0.250 e. The largest absolute Gasteiger partial charge is 0.277 e. The number of rotatable bonds is 2. The van der Waals surface area contributed by atoms with Gasteiger partial charge in [0.1, 0.15) is 0 Å². The first-order valence-corrected chi connectivity index (χ1v) is 4.02. The highest BCUT2D eigenvalue weighted by molar-refractivity contribution is 5.89. The van der Waals surface area contributed by atoms with E-state index in [2.05, 4.69) is 10.3 Å². The normalized spacial score (nSPS) is 19.7. The number of amides is 1. The van der Waals surface area contributed by atoms with Crippen molar-refractivity contribution in [2.75, 3.05) is 7.11 Å². The van der Waals surface area contributed by atoms with Gasteiger partial charge >= 0.3 is 0 Å². The van der Waals surface area contributed by atoms with Crippen molar-refractivity contribution in [2.45, 2.75) is 32.1 Å². The predicted octanol–water partition coefficient (Wildman–Crippen LogP) is 1.20. The second-order valence-corrected chi connectivity index (χ2v) is 2.80. The lowest BCUT2D eigenvalue weighted by Crippen LogP contribution is -2.29. The molecule has 11 heavy (non-hydrogen) atoms. The van der Waals surface area contributed by atoms with E-state index in [0.29, 0.717) is 0 Å². The van der Waals surface area contributed by atoms with E-state index < -0.39 is 0 Å². The van der Waals surface area contributed by atoms with Crippen LogP contribution in [0.3, 0.4) is 0 Å². The summed E-state index contributed by atoms with van der Waals surface area (Å²) in [5.74, 6) is 0.949. The van der Waals surface area contributed by atoms with Crippen molar-refractivity contribution in [1.29, 1.82) is 0 Å². The van der Waals surface area contributed by atoms with Gasteiger partial charge in [-0.2, -0.15) is 0 Å². The van der Waals surface area contributed by atoms with Crippen molar-refractivity contribution >= 4 is 5.91 Å². The molecule has 3 heteroatoms. The molecule has 0 bridgehead atoms. The van der Waals surface area contributed by atoms with Gasteiger partial charge in [0.25, 0.3) is 5.91 Å². The highest BCUT2D eigenvalue weighted by atomic mass is 16.6. The SMILES string of the molecule is CONC(=O)[C]1CCCCC1. The Labute approximate surface area is 67.1 Å². The summed E-state index contributed by atoms with van der Waals surface area (Å²) in [6.07, 6.45) is 5.42. The van der Waals surface area contributed by atoms with Gasteiger partial charge < -0.3 is 0 Å². The summed E-state index contributed by atoms with van der Waals surface area (Å²) >= 11 is 0. The molecule has 1 N–H and O–H groups in total. The molecule has 1 aliphatic carbocycles. The molecule has 0 heterocycles. The van der Waals surface area contributed by atoms with Gasteiger partial charge in [0, 0.05) is 0 Å². The smallest absolute Gasteiger partial charge is 0.250 e. The molecule has 0 spiro atoms. The molecule has 0 saturated heterocycles. The predicted molar refractivity (Wildman–Crippen MR) is 41.5 cm³/mol. The van der Waals surface area contributed by atoms with Gasteiger partial charge in [-0.3, -0.25) is 9.63 Å². The highest BCUT2D eigenvalue weighted by Gasteiger charge is 2.21. The van der Waals surface area contributed by atoms with E-state index in [0.717, 1.165) is 31.6 Å². The van der Waals surface area contributed by atoms with Crippen molar-refractivity contribution in [1.82, 2.24) is 5.48 Å². The van der Waals surface area contributed by atoms with E-state index in [1.807, 2.05) is 0 Å². The Hall–Kier alpha value is -0.570. The Balaban J connectivity index is 2.27. The highest BCUT2D eigenvalue weighted by Crippen LogP contribution is 2.25. The van der Waals surface area contributed by atoms with E-state index in [1.165, 1.54) is 13.5 Å². The summed E-state index contributed by atoms with van der Waals surface area (Å²) in [5.41, 5.74) is 2.34. The van der Waals surface area contributed by atoms with Crippen LogP contribution in [0.1, 0.15) is 32.1 Å². The maximum atomic E-state index is 11.1. The molecule has 1 rings (SSSR count). The molecule has 0 atom stereocenters. The zero-order chi connectivity index (χ0) is 8.10. The minimum atomic E-state index is -0.0350. The molecule has 63 valence electrons. The van der Waals surface area contributed by atoms with Crippen LogP contribution in [-0.2, 0) is 9.63 Å². The van der Waals surface area contributed by atoms with E-state index in [1.54, 1.807) is 0 Å². The van der Waals surface area contributed by atoms with Crippen LogP contribution in [0.4, 0.5) is 0 Å². The van der Waals surface area contributed by atoms with Gasteiger partial charge in [0.2, 0.25) is 0 Å². The number of carbonyl (C=O) groups excluding carboxylic acids is 1. The lowest BCUT2D eigenvalue weighted by atomic mass is 9.89. The fourth-order valence-electron chi connectivity index (χ4n) is 1.37. The average Bonchev–Trinajstić information content (AvgIpc) is 2.07. The van der Waals surface area contributed by atoms with Crippen LogP contribution in [0, 0.1) is 5.92 Å². The van der Waals surface area contributed by atoms with E-state index in [4.69, 9.17) is 0 Å². The Morgan fingerprint density at radius 2 is 2.00 bits per heavy atom. The minimum Gasteiger partial charge on any atom is -0.277 e. The summed E-state index contributed by atoms with van der Waals surface area (Å²) in [6, 6.07) is 0. The number of nitrogens with one attached hydrogen (secondary N) is 1. The molecule has 0 aromatic heterocycles. The number of hydroxylamine groups is 1. The first-order chi connectivity index (χ1) is 5.34. The number of hydrogen-bond donors (Lipinski definition) is 1. The fourth-order valence-corrected chi connectivity index (χ4v) is 1.37. The molecule has 0 aromatic rings. The molecule has 1 amide bonds. The molecule has 1 saturated carbocycles. The molecule has 0 aliphatic heterocycles. The molecule has 1 aliphatic rings. The Morgan fingerprint density at radius 3 is 2.55 bits per heavy atom. The van der Waals surface area contributed by atoms with Gasteiger partial charge in [-0.15, -0.1) is 0 Å². The van der Waals surface area contributed by atoms with E-state index in [-0.39, 0.29) is 5.91 Å². The molecular weight excluding hydrogens is 142 g/mol. The van der Waals surface area contributed by atoms with Gasteiger partial charge in [-0.1, -0.05) is 19.3 Å². The van der Waals surface area contributed by atoms with Crippen molar-refractivity contribution < 1.29 is 9.63 Å². The second-order valence-electron chi connectivity index (χ2n) is 2.80. The van der Waals surface area contributed by atoms with Crippen molar-refractivity contribution in [3.63, 3.8) is 0 Å². The van der Waals surface area contributed by atoms with Crippen LogP contribution in [0.5, 0.6) is 0 Å². The van der Waals surface area contributed by atoms with Gasteiger partial charge in [0.05, 0.1) is 13.0 Å². The third kappa shape index (κ3) is 2.50. The summed E-state index contributed by atoms with van der Waals surface area (Å²) < 4.78 is 0. The molecule has 3 nitrogen and oxygen atoms in total. The zero-order valence-electron chi connectivity index (χ0n) is 6.85. The third-order valence-corrected chi connectivity index (χ3v) is 1.97. The molecular formula is C8H14NO2. The van der Waals surface area contributed by atoms with E-state index in [9.17, 15) is 4.79 Å². The lowest BCUT2D eigenvalue weighted by Gasteiger charge is -2.18. The van der Waals surface area contributed by atoms with Crippen LogP contribution in [0.15, 0.2) is 0 Å².